The predicted molar refractivity (Wildman–Crippen MR) is 113 cm³/mol. The van der Waals surface area contributed by atoms with Crippen LogP contribution in [0.4, 0.5) is 17.2 Å². The molecule has 0 saturated heterocycles. The average Bonchev–Trinajstić information content (AvgIpc) is 2.74. The molecule has 1 aromatic heterocycles. The van der Waals surface area contributed by atoms with E-state index >= 15 is 0 Å². The van der Waals surface area contributed by atoms with Crippen LogP contribution in [-0.4, -0.2) is 36.6 Å². The Hall–Kier alpha value is -3.61. The van der Waals surface area contributed by atoms with E-state index in [1.165, 1.54) is 0 Å². The Morgan fingerprint density at radius 3 is 2.45 bits per heavy atom. The van der Waals surface area contributed by atoms with E-state index in [0.29, 0.717) is 41.1 Å². The fourth-order valence-corrected chi connectivity index (χ4v) is 2.98. The van der Waals surface area contributed by atoms with E-state index in [-0.39, 0.29) is 5.91 Å². The number of methoxy groups -OCH3 is 2. The summed E-state index contributed by atoms with van der Waals surface area (Å²) in [6.45, 7) is 4.21. The number of nitrogens with one attached hydrogen (secondary N) is 1. The molecular weight excluding hydrogens is 368 g/mol. The largest absolute Gasteiger partial charge is 0.497 e. The zero-order valence-corrected chi connectivity index (χ0v) is 17.0. The Kier molecular flexibility index (Phi) is 6.29. The first-order valence-corrected chi connectivity index (χ1v) is 9.27. The van der Waals surface area contributed by atoms with Gasteiger partial charge in [-0.1, -0.05) is 18.2 Å². The van der Waals surface area contributed by atoms with Crippen LogP contribution in [0.2, 0.25) is 0 Å². The number of rotatable bonds is 7. The molecule has 0 saturated carbocycles. The molecule has 1 amide bonds. The molecule has 0 atom stereocenters. The van der Waals surface area contributed by atoms with Crippen molar-refractivity contribution in [1.29, 1.82) is 0 Å². The number of hydrogen-bond donors (Lipinski definition) is 1. The predicted octanol–water partition coefficient (Wildman–Crippen LogP) is 4.21. The summed E-state index contributed by atoms with van der Waals surface area (Å²) in [7, 11) is 3.19. The zero-order chi connectivity index (χ0) is 20.8. The molecule has 3 aromatic rings. The van der Waals surface area contributed by atoms with Gasteiger partial charge >= 0.3 is 0 Å². The van der Waals surface area contributed by atoms with Crippen LogP contribution in [0.3, 0.4) is 0 Å². The van der Waals surface area contributed by atoms with Crippen molar-refractivity contribution in [3.05, 3.63) is 66.1 Å². The SMILES string of the molecule is CCN(C(=O)c1cc(Nc2cc(OC)ccc2OC)nc(C)n1)c1ccccc1. The van der Waals surface area contributed by atoms with Gasteiger partial charge in [-0.3, -0.25) is 4.79 Å². The van der Waals surface area contributed by atoms with Gasteiger partial charge in [0.15, 0.2) is 0 Å². The molecule has 1 N–H and O–H groups in total. The number of ether oxygens (including phenoxy) is 2. The standard InChI is InChI=1S/C22H24N4O3/c1-5-26(16-9-7-6-8-10-16)22(27)19-14-21(24-15(2)23-19)25-18-13-17(28-3)11-12-20(18)29-4/h6-14H,5H2,1-4H3,(H,23,24,25). The summed E-state index contributed by atoms with van der Waals surface area (Å²) in [5, 5.41) is 3.20. The van der Waals surface area contributed by atoms with Crippen LogP contribution >= 0.6 is 0 Å². The van der Waals surface area contributed by atoms with Crippen LogP contribution in [0.15, 0.2) is 54.6 Å². The van der Waals surface area contributed by atoms with Crippen molar-refractivity contribution < 1.29 is 14.3 Å². The Bertz CT molecular complexity index is 993. The molecule has 0 aliphatic heterocycles. The minimum absolute atomic E-state index is 0.190. The first-order valence-electron chi connectivity index (χ1n) is 9.27. The number of aryl methyl sites for hydroxylation is 1. The van der Waals surface area contributed by atoms with E-state index in [9.17, 15) is 4.79 Å². The number of para-hydroxylation sites is 1. The maximum atomic E-state index is 13.1. The highest BCUT2D eigenvalue weighted by molar-refractivity contribution is 6.05. The number of amides is 1. The minimum Gasteiger partial charge on any atom is -0.497 e. The Morgan fingerprint density at radius 2 is 1.79 bits per heavy atom. The molecule has 2 aromatic carbocycles. The fraction of sp³-hybridized carbons (Fsp3) is 0.227. The third-order valence-electron chi connectivity index (χ3n) is 4.36. The third-order valence-corrected chi connectivity index (χ3v) is 4.36. The average molecular weight is 392 g/mol. The van der Waals surface area contributed by atoms with Gasteiger partial charge in [0.25, 0.3) is 5.91 Å². The lowest BCUT2D eigenvalue weighted by Gasteiger charge is -2.21. The van der Waals surface area contributed by atoms with Gasteiger partial charge in [-0.25, -0.2) is 9.97 Å². The summed E-state index contributed by atoms with van der Waals surface area (Å²) in [4.78, 5) is 23.6. The quantitative estimate of drug-likeness (QED) is 0.649. The summed E-state index contributed by atoms with van der Waals surface area (Å²) in [6, 6.07) is 16.6. The summed E-state index contributed by atoms with van der Waals surface area (Å²) >= 11 is 0. The number of aromatic nitrogens is 2. The molecule has 0 aliphatic carbocycles. The van der Waals surface area contributed by atoms with Gasteiger partial charge in [0.05, 0.1) is 19.9 Å². The van der Waals surface area contributed by atoms with Gasteiger partial charge in [0.1, 0.15) is 28.8 Å². The molecule has 7 nitrogen and oxygen atoms in total. The molecule has 0 fully saturated rings. The van der Waals surface area contributed by atoms with Crippen molar-refractivity contribution in [3.63, 3.8) is 0 Å². The second-order valence-electron chi connectivity index (χ2n) is 6.26. The van der Waals surface area contributed by atoms with Crippen LogP contribution in [-0.2, 0) is 0 Å². The lowest BCUT2D eigenvalue weighted by Crippen LogP contribution is -2.31. The topological polar surface area (TPSA) is 76.6 Å². The number of carbonyl (C=O) groups excluding carboxylic acids is 1. The molecule has 0 spiro atoms. The molecule has 0 aliphatic rings. The van der Waals surface area contributed by atoms with E-state index in [2.05, 4.69) is 15.3 Å². The monoisotopic (exact) mass is 392 g/mol. The van der Waals surface area contributed by atoms with Gasteiger partial charge in [-0.2, -0.15) is 0 Å². The Morgan fingerprint density at radius 1 is 1.03 bits per heavy atom. The Balaban J connectivity index is 1.93. The Labute approximate surface area is 170 Å². The van der Waals surface area contributed by atoms with Crippen molar-refractivity contribution in [3.8, 4) is 11.5 Å². The molecule has 3 rings (SSSR count). The molecule has 7 heteroatoms. The summed E-state index contributed by atoms with van der Waals surface area (Å²) in [6.07, 6.45) is 0. The molecule has 1 heterocycles. The van der Waals surface area contributed by atoms with Crippen LogP contribution < -0.4 is 19.7 Å². The highest BCUT2D eigenvalue weighted by atomic mass is 16.5. The second kappa shape index (κ2) is 9.05. The molecular formula is C22H24N4O3. The molecule has 0 bridgehead atoms. The summed E-state index contributed by atoms with van der Waals surface area (Å²) in [5.74, 6) is 2.11. The highest BCUT2D eigenvalue weighted by Crippen LogP contribution is 2.31. The van der Waals surface area contributed by atoms with E-state index in [1.54, 1.807) is 44.2 Å². The van der Waals surface area contributed by atoms with Gasteiger partial charge in [0.2, 0.25) is 0 Å². The number of benzene rings is 2. The first kappa shape index (κ1) is 20.1. The number of nitrogens with zero attached hydrogens (tertiary/aromatic N) is 3. The van der Waals surface area contributed by atoms with E-state index < -0.39 is 0 Å². The maximum Gasteiger partial charge on any atom is 0.277 e. The van der Waals surface area contributed by atoms with Crippen molar-refractivity contribution >= 4 is 23.1 Å². The van der Waals surface area contributed by atoms with Gasteiger partial charge in [-0.15, -0.1) is 0 Å². The number of carbonyl (C=O) groups is 1. The fourth-order valence-electron chi connectivity index (χ4n) is 2.98. The lowest BCUT2D eigenvalue weighted by molar-refractivity contribution is 0.0983. The molecule has 0 radical (unpaired) electrons. The van der Waals surface area contributed by atoms with Crippen molar-refractivity contribution in [2.75, 3.05) is 31.0 Å². The zero-order valence-electron chi connectivity index (χ0n) is 17.0. The maximum absolute atomic E-state index is 13.1. The van der Waals surface area contributed by atoms with Crippen molar-refractivity contribution in [2.24, 2.45) is 0 Å². The van der Waals surface area contributed by atoms with Crippen LogP contribution in [0.25, 0.3) is 0 Å². The van der Waals surface area contributed by atoms with Crippen LogP contribution in [0.5, 0.6) is 11.5 Å². The summed E-state index contributed by atoms with van der Waals surface area (Å²) in [5.41, 5.74) is 1.81. The van der Waals surface area contributed by atoms with Crippen LogP contribution in [0.1, 0.15) is 23.2 Å². The van der Waals surface area contributed by atoms with E-state index in [0.717, 1.165) is 5.69 Å². The van der Waals surface area contributed by atoms with Crippen LogP contribution in [0, 0.1) is 6.92 Å². The normalized spacial score (nSPS) is 10.3. The number of hydrogen-bond acceptors (Lipinski definition) is 6. The van der Waals surface area contributed by atoms with Crippen molar-refractivity contribution in [1.82, 2.24) is 9.97 Å². The minimum atomic E-state index is -0.190. The molecule has 29 heavy (non-hydrogen) atoms. The van der Waals surface area contributed by atoms with Gasteiger partial charge in [0, 0.05) is 24.4 Å². The summed E-state index contributed by atoms with van der Waals surface area (Å²) < 4.78 is 10.7. The first-order chi connectivity index (χ1) is 14.0. The highest BCUT2D eigenvalue weighted by Gasteiger charge is 2.19. The molecule has 150 valence electrons. The van der Waals surface area contributed by atoms with E-state index in [1.807, 2.05) is 43.3 Å². The third kappa shape index (κ3) is 4.63. The van der Waals surface area contributed by atoms with Gasteiger partial charge < -0.3 is 19.7 Å². The smallest absolute Gasteiger partial charge is 0.277 e. The van der Waals surface area contributed by atoms with E-state index in [4.69, 9.17) is 9.47 Å². The second-order valence-corrected chi connectivity index (χ2v) is 6.26. The van der Waals surface area contributed by atoms with Gasteiger partial charge in [-0.05, 0) is 38.1 Å². The lowest BCUT2D eigenvalue weighted by atomic mass is 10.2. The number of anilines is 3. The van der Waals surface area contributed by atoms with Crippen molar-refractivity contribution in [2.45, 2.75) is 13.8 Å². The molecule has 0 unspecified atom stereocenters.